The molecule has 102 valence electrons. The van der Waals surface area contributed by atoms with Crippen LogP contribution in [0.5, 0.6) is 0 Å². The van der Waals surface area contributed by atoms with Crippen molar-refractivity contribution in [2.45, 2.75) is 6.42 Å². The lowest BCUT2D eigenvalue weighted by Crippen LogP contribution is -2.19. The molecule has 0 saturated heterocycles. The quantitative estimate of drug-likeness (QED) is 0.682. The molecule has 2 aromatic carbocycles. The van der Waals surface area contributed by atoms with Gasteiger partial charge in [-0.3, -0.25) is 4.79 Å². The molecule has 0 bridgehead atoms. The average molecular weight is 291 g/mol. The highest BCUT2D eigenvalue weighted by atomic mass is 35.5. The summed E-state index contributed by atoms with van der Waals surface area (Å²) in [6.07, 6.45) is 1.68. The monoisotopic (exact) mass is 290 g/mol. The lowest BCUT2D eigenvalue weighted by atomic mass is 10.1. The van der Waals surface area contributed by atoms with E-state index in [1.54, 1.807) is 36.4 Å². The summed E-state index contributed by atoms with van der Waals surface area (Å²) in [6, 6.07) is 12.8. The van der Waals surface area contributed by atoms with Crippen molar-refractivity contribution in [3.8, 4) is 0 Å². The molecule has 1 amide bonds. The molecular weight excluding hydrogens is 279 g/mol. The maximum absolute atomic E-state index is 12.7. The van der Waals surface area contributed by atoms with Gasteiger partial charge in [-0.15, -0.1) is 0 Å². The molecular formula is C15H12ClFN2O. The van der Waals surface area contributed by atoms with Crippen molar-refractivity contribution in [3.05, 3.63) is 70.5 Å². The third-order valence-corrected chi connectivity index (χ3v) is 2.80. The molecule has 2 rings (SSSR count). The largest absolute Gasteiger partial charge is 0.273 e. The first-order valence-corrected chi connectivity index (χ1v) is 6.33. The Morgan fingerprint density at radius 2 is 1.80 bits per heavy atom. The Kier molecular flexibility index (Phi) is 4.85. The maximum Gasteiger partial charge on any atom is 0.244 e. The Hall–Kier alpha value is -2.20. The summed E-state index contributed by atoms with van der Waals surface area (Å²) in [5, 5.41) is 4.44. The highest BCUT2D eigenvalue weighted by Crippen LogP contribution is 2.09. The number of carbonyl (C=O) groups excluding carboxylic acids is 1. The van der Waals surface area contributed by atoms with Crippen LogP contribution in [0, 0.1) is 5.82 Å². The number of nitrogens with zero attached hydrogens (tertiary/aromatic N) is 1. The van der Waals surface area contributed by atoms with Gasteiger partial charge in [0, 0.05) is 5.02 Å². The second kappa shape index (κ2) is 6.82. The fourth-order valence-corrected chi connectivity index (χ4v) is 1.68. The van der Waals surface area contributed by atoms with Gasteiger partial charge in [0.2, 0.25) is 5.91 Å². The normalized spacial score (nSPS) is 10.7. The van der Waals surface area contributed by atoms with Crippen molar-refractivity contribution < 1.29 is 9.18 Å². The number of hydrogen-bond donors (Lipinski definition) is 1. The van der Waals surface area contributed by atoms with Crippen molar-refractivity contribution in [2.24, 2.45) is 5.10 Å². The summed E-state index contributed by atoms with van der Waals surface area (Å²) in [5.74, 6) is -0.542. The Labute approximate surface area is 121 Å². The fourth-order valence-electron chi connectivity index (χ4n) is 1.55. The molecule has 2 aromatic rings. The van der Waals surface area contributed by atoms with Gasteiger partial charge < -0.3 is 0 Å². The molecule has 0 fully saturated rings. The van der Waals surface area contributed by atoms with E-state index in [1.807, 2.05) is 0 Å². The van der Waals surface area contributed by atoms with E-state index < -0.39 is 0 Å². The predicted octanol–water partition coefficient (Wildman–Crippen LogP) is 3.17. The van der Waals surface area contributed by atoms with E-state index in [4.69, 9.17) is 11.6 Å². The molecule has 0 heterocycles. The molecule has 0 radical (unpaired) electrons. The molecule has 1 N–H and O–H groups in total. The van der Waals surface area contributed by atoms with Gasteiger partial charge in [0.1, 0.15) is 5.82 Å². The zero-order valence-corrected chi connectivity index (χ0v) is 11.3. The summed E-state index contributed by atoms with van der Waals surface area (Å²) < 4.78 is 12.7. The summed E-state index contributed by atoms with van der Waals surface area (Å²) in [4.78, 5) is 11.6. The molecule has 5 heteroatoms. The van der Waals surface area contributed by atoms with Gasteiger partial charge in [0.25, 0.3) is 0 Å². The number of hydrogen-bond acceptors (Lipinski definition) is 2. The molecule has 0 spiro atoms. The zero-order valence-electron chi connectivity index (χ0n) is 10.5. The first kappa shape index (κ1) is 14.2. The van der Waals surface area contributed by atoms with Crippen LogP contribution in [-0.2, 0) is 11.2 Å². The Morgan fingerprint density at radius 3 is 2.45 bits per heavy atom. The highest BCUT2D eigenvalue weighted by molar-refractivity contribution is 6.30. The standard InChI is InChI=1S/C15H12ClFN2O/c16-13-5-1-11(2-6-13)9-15(20)19-18-10-12-3-7-14(17)8-4-12/h1-8,10H,9H2,(H,19,20)/b18-10+. The van der Waals surface area contributed by atoms with E-state index in [9.17, 15) is 9.18 Å². The molecule has 0 atom stereocenters. The SMILES string of the molecule is O=C(Cc1ccc(Cl)cc1)N/N=C/c1ccc(F)cc1. The minimum Gasteiger partial charge on any atom is -0.273 e. The number of hydrazone groups is 1. The zero-order chi connectivity index (χ0) is 14.4. The summed E-state index contributed by atoms with van der Waals surface area (Å²) >= 11 is 5.76. The van der Waals surface area contributed by atoms with E-state index in [0.29, 0.717) is 10.6 Å². The van der Waals surface area contributed by atoms with Crippen molar-refractivity contribution in [2.75, 3.05) is 0 Å². The van der Waals surface area contributed by atoms with Crippen LogP contribution in [-0.4, -0.2) is 12.1 Å². The number of nitrogens with one attached hydrogen (secondary N) is 1. The van der Waals surface area contributed by atoms with E-state index >= 15 is 0 Å². The molecule has 0 saturated carbocycles. The highest BCUT2D eigenvalue weighted by Gasteiger charge is 2.01. The van der Waals surface area contributed by atoms with Crippen molar-refractivity contribution in [3.63, 3.8) is 0 Å². The Morgan fingerprint density at radius 1 is 1.15 bits per heavy atom. The van der Waals surface area contributed by atoms with Gasteiger partial charge in [-0.1, -0.05) is 35.9 Å². The molecule has 0 aliphatic carbocycles. The second-order valence-corrected chi connectivity index (χ2v) is 4.58. The van der Waals surface area contributed by atoms with E-state index in [1.165, 1.54) is 18.3 Å². The van der Waals surface area contributed by atoms with Gasteiger partial charge in [0.15, 0.2) is 0 Å². The smallest absolute Gasteiger partial charge is 0.244 e. The molecule has 20 heavy (non-hydrogen) atoms. The van der Waals surface area contributed by atoms with Crippen LogP contribution in [0.25, 0.3) is 0 Å². The Balaban J connectivity index is 1.85. The third-order valence-electron chi connectivity index (χ3n) is 2.55. The van der Waals surface area contributed by atoms with Gasteiger partial charge >= 0.3 is 0 Å². The fraction of sp³-hybridized carbons (Fsp3) is 0.0667. The third kappa shape index (κ3) is 4.48. The molecule has 0 unspecified atom stereocenters. The molecule has 0 aliphatic heterocycles. The molecule has 0 aliphatic rings. The molecule has 0 aromatic heterocycles. The lowest BCUT2D eigenvalue weighted by Gasteiger charge is -2.00. The number of rotatable bonds is 4. The topological polar surface area (TPSA) is 41.5 Å². The second-order valence-electron chi connectivity index (χ2n) is 4.15. The maximum atomic E-state index is 12.7. The predicted molar refractivity (Wildman–Crippen MR) is 77.3 cm³/mol. The van der Waals surface area contributed by atoms with Gasteiger partial charge in [-0.2, -0.15) is 5.10 Å². The lowest BCUT2D eigenvalue weighted by molar-refractivity contribution is -0.120. The van der Waals surface area contributed by atoms with E-state index in [2.05, 4.69) is 10.5 Å². The van der Waals surface area contributed by atoms with Crippen molar-refractivity contribution >= 4 is 23.7 Å². The van der Waals surface area contributed by atoms with Crippen LogP contribution in [0.4, 0.5) is 4.39 Å². The summed E-state index contributed by atoms with van der Waals surface area (Å²) in [7, 11) is 0. The van der Waals surface area contributed by atoms with Gasteiger partial charge in [0.05, 0.1) is 12.6 Å². The van der Waals surface area contributed by atoms with Crippen LogP contribution in [0.1, 0.15) is 11.1 Å². The molecule has 3 nitrogen and oxygen atoms in total. The average Bonchev–Trinajstić information content (AvgIpc) is 2.44. The van der Waals surface area contributed by atoms with Crippen molar-refractivity contribution in [1.82, 2.24) is 5.43 Å². The van der Waals surface area contributed by atoms with Gasteiger partial charge in [-0.05, 0) is 35.4 Å². The first-order chi connectivity index (χ1) is 9.63. The minimum absolute atomic E-state index is 0.220. The van der Waals surface area contributed by atoms with Crippen LogP contribution in [0.2, 0.25) is 5.02 Å². The summed E-state index contributed by atoms with van der Waals surface area (Å²) in [5.41, 5.74) is 3.97. The number of carbonyl (C=O) groups is 1. The minimum atomic E-state index is -0.311. The Bertz CT molecular complexity index is 609. The van der Waals surface area contributed by atoms with Gasteiger partial charge in [-0.25, -0.2) is 9.82 Å². The van der Waals surface area contributed by atoms with E-state index in [-0.39, 0.29) is 18.1 Å². The van der Waals surface area contributed by atoms with Crippen LogP contribution in [0.3, 0.4) is 0 Å². The van der Waals surface area contributed by atoms with Crippen LogP contribution >= 0.6 is 11.6 Å². The van der Waals surface area contributed by atoms with Crippen LogP contribution in [0.15, 0.2) is 53.6 Å². The van der Waals surface area contributed by atoms with Crippen LogP contribution < -0.4 is 5.43 Å². The summed E-state index contributed by atoms with van der Waals surface area (Å²) in [6.45, 7) is 0. The number of halogens is 2. The first-order valence-electron chi connectivity index (χ1n) is 5.95. The van der Waals surface area contributed by atoms with E-state index in [0.717, 1.165) is 5.56 Å². The van der Waals surface area contributed by atoms with Crippen molar-refractivity contribution in [1.29, 1.82) is 0 Å². The number of amides is 1. The number of benzene rings is 2.